The molecule has 1 rings (SSSR count). The monoisotopic (exact) mass is 251 g/mol. The highest BCUT2D eigenvalue weighted by Gasteiger charge is 2.11. The fourth-order valence-corrected chi connectivity index (χ4v) is 1.48. The quantitative estimate of drug-likeness (QED) is 0.506. The SMILES string of the molecule is CC#CCCNc1nc(C(C)C)nc(Cl)c1C. The van der Waals surface area contributed by atoms with Gasteiger partial charge in [-0.25, -0.2) is 9.97 Å². The molecule has 92 valence electrons. The minimum absolute atomic E-state index is 0.268. The summed E-state index contributed by atoms with van der Waals surface area (Å²) in [7, 11) is 0. The number of hydrogen-bond donors (Lipinski definition) is 1. The summed E-state index contributed by atoms with van der Waals surface area (Å²) in [5, 5.41) is 3.77. The van der Waals surface area contributed by atoms with Crippen LogP contribution in [0.3, 0.4) is 0 Å². The molecule has 0 saturated heterocycles. The molecule has 1 aromatic heterocycles. The van der Waals surface area contributed by atoms with Gasteiger partial charge in [0.15, 0.2) is 0 Å². The van der Waals surface area contributed by atoms with Crippen LogP contribution in [0.25, 0.3) is 0 Å². The lowest BCUT2D eigenvalue weighted by Gasteiger charge is -2.12. The Labute approximate surface area is 108 Å². The van der Waals surface area contributed by atoms with E-state index < -0.39 is 0 Å². The summed E-state index contributed by atoms with van der Waals surface area (Å²) in [5.74, 6) is 7.71. The molecule has 0 aromatic carbocycles. The summed E-state index contributed by atoms with van der Waals surface area (Å²) in [6.07, 6.45) is 0.800. The number of nitrogens with zero attached hydrogens (tertiary/aromatic N) is 2. The van der Waals surface area contributed by atoms with Crippen molar-refractivity contribution in [2.75, 3.05) is 11.9 Å². The molecule has 0 spiro atoms. The van der Waals surface area contributed by atoms with Crippen molar-refractivity contribution in [1.82, 2.24) is 9.97 Å². The second kappa shape index (κ2) is 6.46. The number of rotatable bonds is 4. The Bertz CT molecular complexity index is 444. The molecule has 1 N–H and O–H groups in total. The van der Waals surface area contributed by atoms with E-state index in [9.17, 15) is 0 Å². The van der Waals surface area contributed by atoms with Crippen LogP contribution in [0.2, 0.25) is 5.15 Å². The zero-order valence-electron chi connectivity index (χ0n) is 10.8. The lowest BCUT2D eigenvalue weighted by Crippen LogP contribution is -2.09. The van der Waals surface area contributed by atoms with Gasteiger partial charge in [-0.1, -0.05) is 25.4 Å². The molecular weight excluding hydrogens is 234 g/mol. The second-order valence-corrected chi connectivity index (χ2v) is 4.46. The van der Waals surface area contributed by atoms with E-state index in [0.29, 0.717) is 5.15 Å². The standard InChI is InChI=1S/C13H18ClN3/c1-5-6-7-8-15-13-10(4)11(14)16-12(17-13)9(2)3/h9H,7-8H2,1-4H3,(H,15,16,17). The number of nitrogens with one attached hydrogen (secondary N) is 1. The van der Waals surface area contributed by atoms with Crippen LogP contribution in [0.4, 0.5) is 5.82 Å². The molecule has 1 heterocycles. The van der Waals surface area contributed by atoms with Crippen molar-refractivity contribution in [3.8, 4) is 11.8 Å². The first-order valence-electron chi connectivity index (χ1n) is 5.73. The first-order valence-corrected chi connectivity index (χ1v) is 6.11. The van der Waals surface area contributed by atoms with Gasteiger partial charge in [0.1, 0.15) is 16.8 Å². The predicted molar refractivity (Wildman–Crippen MR) is 72.4 cm³/mol. The molecule has 1 aromatic rings. The van der Waals surface area contributed by atoms with E-state index in [1.54, 1.807) is 0 Å². The summed E-state index contributed by atoms with van der Waals surface area (Å²) in [6.45, 7) is 8.62. The van der Waals surface area contributed by atoms with Crippen molar-refractivity contribution in [1.29, 1.82) is 0 Å². The Balaban J connectivity index is 2.84. The van der Waals surface area contributed by atoms with Gasteiger partial charge in [0.05, 0.1) is 0 Å². The van der Waals surface area contributed by atoms with Crippen molar-refractivity contribution in [2.45, 2.75) is 40.0 Å². The maximum absolute atomic E-state index is 6.08. The minimum Gasteiger partial charge on any atom is -0.369 e. The number of hydrogen-bond acceptors (Lipinski definition) is 3. The molecule has 0 atom stereocenters. The van der Waals surface area contributed by atoms with Crippen molar-refractivity contribution in [2.24, 2.45) is 0 Å². The molecule has 0 unspecified atom stereocenters. The lowest BCUT2D eigenvalue weighted by atomic mass is 10.2. The summed E-state index contributed by atoms with van der Waals surface area (Å²) >= 11 is 6.08. The van der Waals surface area contributed by atoms with Gasteiger partial charge in [0, 0.05) is 24.4 Å². The van der Waals surface area contributed by atoms with Crippen LogP contribution < -0.4 is 5.32 Å². The Kier molecular flexibility index (Phi) is 5.24. The molecule has 0 aliphatic heterocycles. The first-order chi connectivity index (χ1) is 8.06. The molecule has 0 saturated carbocycles. The van der Waals surface area contributed by atoms with Gasteiger partial charge in [0.25, 0.3) is 0 Å². The third kappa shape index (κ3) is 3.90. The fraction of sp³-hybridized carbons (Fsp3) is 0.538. The molecule has 0 aliphatic carbocycles. The van der Waals surface area contributed by atoms with E-state index in [1.165, 1.54) is 0 Å². The van der Waals surface area contributed by atoms with Gasteiger partial charge in [0.2, 0.25) is 0 Å². The van der Waals surface area contributed by atoms with E-state index in [-0.39, 0.29) is 5.92 Å². The molecule has 0 amide bonds. The fourth-order valence-electron chi connectivity index (χ4n) is 1.30. The zero-order valence-corrected chi connectivity index (χ0v) is 11.5. The third-order valence-electron chi connectivity index (χ3n) is 2.34. The molecular formula is C13H18ClN3. The summed E-state index contributed by atoms with van der Waals surface area (Å²) in [6, 6.07) is 0. The summed E-state index contributed by atoms with van der Waals surface area (Å²) in [5.41, 5.74) is 0.889. The lowest BCUT2D eigenvalue weighted by molar-refractivity contribution is 0.771. The maximum Gasteiger partial charge on any atom is 0.137 e. The van der Waals surface area contributed by atoms with E-state index >= 15 is 0 Å². The summed E-state index contributed by atoms with van der Waals surface area (Å²) < 4.78 is 0. The zero-order chi connectivity index (χ0) is 12.8. The largest absolute Gasteiger partial charge is 0.369 e. The van der Waals surface area contributed by atoms with Crippen LogP contribution in [-0.2, 0) is 0 Å². The van der Waals surface area contributed by atoms with Crippen molar-refractivity contribution in [3.05, 3.63) is 16.5 Å². The maximum atomic E-state index is 6.08. The summed E-state index contributed by atoms with van der Waals surface area (Å²) in [4.78, 5) is 8.74. The molecule has 0 aliphatic rings. The molecule has 4 heteroatoms. The highest BCUT2D eigenvalue weighted by Crippen LogP contribution is 2.22. The van der Waals surface area contributed by atoms with Crippen LogP contribution in [-0.4, -0.2) is 16.5 Å². The number of anilines is 1. The van der Waals surface area contributed by atoms with E-state index in [0.717, 1.165) is 30.2 Å². The molecule has 0 radical (unpaired) electrons. The molecule has 3 nitrogen and oxygen atoms in total. The average molecular weight is 252 g/mol. The third-order valence-corrected chi connectivity index (χ3v) is 2.71. The van der Waals surface area contributed by atoms with Crippen LogP contribution in [0.5, 0.6) is 0 Å². The van der Waals surface area contributed by atoms with Crippen molar-refractivity contribution in [3.63, 3.8) is 0 Å². The Morgan fingerprint density at radius 1 is 1.35 bits per heavy atom. The Morgan fingerprint density at radius 2 is 2.06 bits per heavy atom. The van der Waals surface area contributed by atoms with Crippen LogP contribution in [0.1, 0.15) is 44.5 Å². The van der Waals surface area contributed by atoms with Gasteiger partial charge in [-0.3, -0.25) is 0 Å². The van der Waals surface area contributed by atoms with Crippen molar-refractivity contribution >= 4 is 17.4 Å². The predicted octanol–water partition coefficient (Wildman–Crippen LogP) is 3.39. The Morgan fingerprint density at radius 3 is 2.65 bits per heavy atom. The van der Waals surface area contributed by atoms with Gasteiger partial charge in [-0.2, -0.15) is 0 Å². The Hall–Kier alpha value is -1.27. The van der Waals surface area contributed by atoms with Crippen molar-refractivity contribution < 1.29 is 0 Å². The number of aromatic nitrogens is 2. The molecule has 17 heavy (non-hydrogen) atoms. The highest BCUT2D eigenvalue weighted by atomic mass is 35.5. The van der Waals surface area contributed by atoms with Crippen LogP contribution >= 0.6 is 11.6 Å². The molecule has 0 bridgehead atoms. The van der Waals surface area contributed by atoms with E-state index in [1.807, 2.05) is 27.7 Å². The number of halogens is 1. The van der Waals surface area contributed by atoms with E-state index in [4.69, 9.17) is 11.6 Å². The smallest absolute Gasteiger partial charge is 0.137 e. The van der Waals surface area contributed by atoms with Crippen LogP contribution in [0, 0.1) is 18.8 Å². The van der Waals surface area contributed by atoms with Gasteiger partial charge in [-0.15, -0.1) is 11.8 Å². The van der Waals surface area contributed by atoms with Gasteiger partial charge in [-0.05, 0) is 13.8 Å². The van der Waals surface area contributed by atoms with Gasteiger partial charge >= 0.3 is 0 Å². The van der Waals surface area contributed by atoms with Gasteiger partial charge < -0.3 is 5.32 Å². The van der Waals surface area contributed by atoms with Crippen LogP contribution in [0.15, 0.2) is 0 Å². The molecule has 0 fully saturated rings. The topological polar surface area (TPSA) is 37.8 Å². The normalized spacial score (nSPS) is 10.0. The average Bonchev–Trinajstić information content (AvgIpc) is 2.29. The highest BCUT2D eigenvalue weighted by molar-refractivity contribution is 6.30. The van der Waals surface area contributed by atoms with E-state index in [2.05, 4.69) is 27.1 Å². The first kappa shape index (κ1) is 13.8. The minimum atomic E-state index is 0.268. The second-order valence-electron chi connectivity index (χ2n) is 4.10.